The lowest BCUT2D eigenvalue weighted by Crippen LogP contribution is -2.21. The minimum atomic E-state index is 0.351. The van der Waals surface area contributed by atoms with Crippen molar-refractivity contribution in [3.05, 3.63) is 34.4 Å². The smallest absolute Gasteiger partial charge is 0.101 e. The lowest BCUT2D eigenvalue weighted by atomic mass is 9.75. The Bertz CT molecular complexity index is 756. The van der Waals surface area contributed by atoms with Crippen molar-refractivity contribution in [2.24, 2.45) is 5.41 Å². The maximum Gasteiger partial charge on any atom is 0.101 e. The molecule has 0 fully saturated rings. The molecule has 0 N–H and O–H groups in total. The highest BCUT2D eigenvalue weighted by molar-refractivity contribution is 5.52. The normalized spacial score (nSPS) is 13.8. The molecule has 1 aliphatic carbocycles. The van der Waals surface area contributed by atoms with E-state index in [0.29, 0.717) is 16.5 Å². The Labute approximate surface area is 230 Å². The van der Waals surface area contributed by atoms with E-state index in [2.05, 4.69) is 26.0 Å². The van der Waals surface area contributed by atoms with Gasteiger partial charge in [-0.25, -0.2) is 0 Å². The summed E-state index contributed by atoms with van der Waals surface area (Å²) in [6.07, 6.45) is 32.6. The molecule has 37 heavy (non-hydrogen) atoms. The lowest BCUT2D eigenvalue weighted by molar-refractivity contribution is 0.235. The number of fused-ring (bicyclic) bond motifs is 1. The first-order chi connectivity index (χ1) is 18.2. The van der Waals surface area contributed by atoms with Crippen LogP contribution < -0.4 is 0 Å². The summed E-state index contributed by atoms with van der Waals surface area (Å²) in [5, 5.41) is 19.0. The monoisotopic (exact) mass is 504 g/mol. The number of hydrogen-bond acceptors (Lipinski definition) is 2. The van der Waals surface area contributed by atoms with Crippen molar-refractivity contribution in [3.63, 3.8) is 0 Å². The van der Waals surface area contributed by atoms with E-state index < -0.39 is 0 Å². The van der Waals surface area contributed by atoms with Crippen LogP contribution in [0.5, 0.6) is 0 Å². The summed E-state index contributed by atoms with van der Waals surface area (Å²) in [4.78, 5) is 0. The zero-order chi connectivity index (χ0) is 26.6. The third-order valence-electron chi connectivity index (χ3n) is 8.83. The van der Waals surface area contributed by atoms with E-state index in [0.717, 1.165) is 12.8 Å². The van der Waals surface area contributed by atoms with Crippen molar-refractivity contribution in [2.75, 3.05) is 0 Å². The minimum Gasteiger partial charge on any atom is -0.192 e. The molecule has 0 saturated heterocycles. The van der Waals surface area contributed by atoms with E-state index in [1.165, 1.54) is 152 Å². The highest BCUT2D eigenvalue weighted by Crippen LogP contribution is 2.45. The van der Waals surface area contributed by atoms with Gasteiger partial charge in [0, 0.05) is 0 Å². The molecule has 2 heteroatoms. The first-order valence-electron chi connectivity index (χ1n) is 16.1. The number of nitriles is 2. The van der Waals surface area contributed by atoms with Crippen molar-refractivity contribution in [3.8, 4) is 12.1 Å². The van der Waals surface area contributed by atoms with E-state index in [1.54, 1.807) is 0 Å². The standard InChI is InChI=1S/C35H56N2/c1-3-5-7-9-11-13-15-17-19-21-23-35(24-22-20-18-16-14-12-10-8-6-4-2)27-31-25-33(29-36)34(30-37)26-32(31)28-35/h25-26H,3-24,27-28H2,1-2H3. The fourth-order valence-electron chi connectivity index (χ4n) is 6.53. The molecule has 0 aliphatic heterocycles. The summed E-state index contributed by atoms with van der Waals surface area (Å²) in [5.74, 6) is 0. The summed E-state index contributed by atoms with van der Waals surface area (Å²) in [5.41, 5.74) is 4.16. The summed E-state index contributed by atoms with van der Waals surface area (Å²) >= 11 is 0. The van der Waals surface area contributed by atoms with Crippen LogP contribution in [-0.2, 0) is 12.8 Å². The average Bonchev–Trinajstić information content (AvgIpc) is 3.27. The molecule has 1 aliphatic rings. The van der Waals surface area contributed by atoms with Crippen molar-refractivity contribution < 1.29 is 0 Å². The van der Waals surface area contributed by atoms with E-state index in [4.69, 9.17) is 0 Å². The van der Waals surface area contributed by atoms with Gasteiger partial charge in [-0.1, -0.05) is 142 Å². The largest absolute Gasteiger partial charge is 0.192 e. The van der Waals surface area contributed by atoms with Crippen molar-refractivity contribution >= 4 is 0 Å². The topological polar surface area (TPSA) is 47.6 Å². The van der Waals surface area contributed by atoms with Crippen LogP contribution in [-0.4, -0.2) is 0 Å². The van der Waals surface area contributed by atoms with Gasteiger partial charge in [0.05, 0.1) is 11.1 Å². The predicted octanol–water partition coefficient (Wildman–Crippen LogP) is 11.1. The summed E-state index contributed by atoms with van der Waals surface area (Å²) < 4.78 is 0. The molecule has 2 rings (SSSR count). The van der Waals surface area contributed by atoms with Crippen LogP contribution in [0.4, 0.5) is 0 Å². The van der Waals surface area contributed by atoms with Gasteiger partial charge < -0.3 is 0 Å². The Morgan fingerprint density at radius 3 is 1.11 bits per heavy atom. The molecule has 0 bridgehead atoms. The first-order valence-corrected chi connectivity index (χ1v) is 16.1. The van der Waals surface area contributed by atoms with E-state index >= 15 is 0 Å². The Hall–Kier alpha value is -1.80. The zero-order valence-electron chi connectivity index (χ0n) is 24.5. The molecule has 0 aromatic heterocycles. The summed E-state index contributed by atoms with van der Waals surface area (Å²) in [6.45, 7) is 4.58. The highest BCUT2D eigenvalue weighted by atomic mass is 14.4. The van der Waals surface area contributed by atoms with E-state index in [-0.39, 0.29) is 0 Å². The predicted molar refractivity (Wildman–Crippen MR) is 159 cm³/mol. The lowest BCUT2D eigenvalue weighted by Gasteiger charge is -2.29. The van der Waals surface area contributed by atoms with Gasteiger partial charge in [0.1, 0.15) is 12.1 Å². The zero-order valence-corrected chi connectivity index (χ0v) is 24.5. The molecule has 206 valence electrons. The second kappa shape index (κ2) is 19.3. The molecule has 1 aromatic carbocycles. The molecule has 0 atom stereocenters. The second-order valence-corrected chi connectivity index (χ2v) is 12.1. The number of unbranched alkanes of at least 4 members (excludes halogenated alkanes) is 18. The number of nitrogens with zero attached hydrogens (tertiary/aromatic N) is 2. The quantitative estimate of drug-likeness (QED) is 0.147. The maximum absolute atomic E-state index is 9.52. The molecule has 2 nitrogen and oxygen atoms in total. The molecular formula is C35H56N2. The van der Waals surface area contributed by atoms with Gasteiger partial charge in [0.15, 0.2) is 0 Å². The molecule has 0 saturated carbocycles. The number of hydrogen-bond donors (Lipinski definition) is 0. The van der Waals surface area contributed by atoms with Crippen LogP contribution in [0.1, 0.15) is 177 Å². The minimum absolute atomic E-state index is 0.351. The second-order valence-electron chi connectivity index (χ2n) is 12.1. The van der Waals surface area contributed by atoms with Gasteiger partial charge in [-0.15, -0.1) is 0 Å². The van der Waals surface area contributed by atoms with E-state index in [9.17, 15) is 10.5 Å². The van der Waals surface area contributed by atoms with Crippen LogP contribution in [0.15, 0.2) is 12.1 Å². The maximum atomic E-state index is 9.52. The van der Waals surface area contributed by atoms with Gasteiger partial charge in [0.25, 0.3) is 0 Å². The Morgan fingerprint density at radius 2 is 0.811 bits per heavy atom. The fourth-order valence-corrected chi connectivity index (χ4v) is 6.53. The van der Waals surface area contributed by atoms with Crippen LogP contribution in [0, 0.1) is 28.1 Å². The van der Waals surface area contributed by atoms with Gasteiger partial charge in [0.2, 0.25) is 0 Å². The molecule has 1 aromatic rings. The SMILES string of the molecule is CCCCCCCCCCCCC1(CCCCCCCCCCCC)Cc2cc(C#N)c(C#N)cc2C1. The average molecular weight is 505 g/mol. The molecule has 0 heterocycles. The Kier molecular flexibility index (Phi) is 16.4. The van der Waals surface area contributed by atoms with E-state index in [1.807, 2.05) is 12.1 Å². The molecule has 0 spiro atoms. The Balaban J connectivity index is 1.78. The first kappa shape index (κ1) is 31.4. The third-order valence-corrected chi connectivity index (χ3v) is 8.83. The summed E-state index contributed by atoms with van der Waals surface area (Å²) in [7, 11) is 0. The number of rotatable bonds is 22. The Morgan fingerprint density at radius 1 is 0.514 bits per heavy atom. The van der Waals surface area contributed by atoms with Crippen LogP contribution >= 0.6 is 0 Å². The fraction of sp³-hybridized carbons (Fsp3) is 0.771. The van der Waals surface area contributed by atoms with Gasteiger partial charge in [-0.05, 0) is 54.4 Å². The highest BCUT2D eigenvalue weighted by Gasteiger charge is 2.36. The van der Waals surface area contributed by atoms with Crippen molar-refractivity contribution in [1.82, 2.24) is 0 Å². The number of benzene rings is 1. The molecule has 0 amide bonds. The van der Waals surface area contributed by atoms with Gasteiger partial charge in [-0.3, -0.25) is 0 Å². The molecular weight excluding hydrogens is 448 g/mol. The van der Waals surface area contributed by atoms with Crippen LogP contribution in [0.25, 0.3) is 0 Å². The summed E-state index contributed by atoms with van der Waals surface area (Å²) in [6, 6.07) is 8.58. The van der Waals surface area contributed by atoms with Gasteiger partial charge in [-0.2, -0.15) is 10.5 Å². The molecule has 0 unspecified atom stereocenters. The van der Waals surface area contributed by atoms with Gasteiger partial charge >= 0.3 is 0 Å². The van der Waals surface area contributed by atoms with Crippen LogP contribution in [0.2, 0.25) is 0 Å². The van der Waals surface area contributed by atoms with Crippen molar-refractivity contribution in [2.45, 2.75) is 168 Å². The van der Waals surface area contributed by atoms with Crippen LogP contribution in [0.3, 0.4) is 0 Å². The molecule has 0 radical (unpaired) electrons. The van der Waals surface area contributed by atoms with Crippen molar-refractivity contribution in [1.29, 1.82) is 10.5 Å². The third kappa shape index (κ3) is 12.1.